The maximum Gasteiger partial charge on any atom is 0.306 e. The first-order chi connectivity index (χ1) is 7.32. The summed E-state index contributed by atoms with van der Waals surface area (Å²) in [7, 11) is 0. The summed E-state index contributed by atoms with van der Waals surface area (Å²) in [5, 5.41) is 19.6. The van der Waals surface area contributed by atoms with Crippen molar-refractivity contribution in [2.45, 2.75) is 39.2 Å². The van der Waals surface area contributed by atoms with Gasteiger partial charge in [-0.2, -0.15) is 0 Å². The van der Waals surface area contributed by atoms with E-state index >= 15 is 0 Å². The van der Waals surface area contributed by atoms with Crippen molar-refractivity contribution in [3.05, 3.63) is 0 Å². The van der Waals surface area contributed by atoms with Gasteiger partial charge in [-0.15, -0.1) is 0 Å². The highest BCUT2D eigenvalue weighted by Crippen LogP contribution is 2.03. The Morgan fingerprint density at radius 2 is 1.75 bits per heavy atom. The van der Waals surface area contributed by atoms with Crippen LogP contribution in [0, 0.1) is 5.92 Å². The number of aliphatic carboxylic acids is 2. The topological polar surface area (TPSA) is 104 Å². The molecule has 0 saturated carbocycles. The maximum atomic E-state index is 11.3. The average Bonchev–Trinajstić information content (AvgIpc) is 2.14. The van der Waals surface area contributed by atoms with E-state index in [1.54, 1.807) is 6.92 Å². The zero-order valence-corrected chi connectivity index (χ0v) is 9.40. The van der Waals surface area contributed by atoms with Gasteiger partial charge in [0.05, 0.1) is 5.92 Å². The minimum absolute atomic E-state index is 0.0179. The lowest BCUT2D eigenvalue weighted by atomic mass is 10.1. The highest BCUT2D eigenvalue weighted by molar-refractivity contribution is 5.82. The highest BCUT2D eigenvalue weighted by atomic mass is 16.4. The Morgan fingerprint density at radius 3 is 2.19 bits per heavy atom. The Morgan fingerprint density at radius 1 is 1.19 bits per heavy atom. The molecule has 92 valence electrons. The molecule has 0 heterocycles. The predicted octanol–water partition coefficient (Wildman–Crippen LogP) is 0.467. The van der Waals surface area contributed by atoms with Gasteiger partial charge in [0.2, 0.25) is 5.91 Å². The molecule has 0 saturated heterocycles. The van der Waals surface area contributed by atoms with Crippen LogP contribution in [0.25, 0.3) is 0 Å². The fourth-order valence-corrected chi connectivity index (χ4v) is 1.11. The second-order valence-corrected chi connectivity index (χ2v) is 3.84. The molecule has 0 rings (SSSR count). The summed E-state index contributed by atoms with van der Waals surface area (Å²) in [4.78, 5) is 32.0. The number of hydrogen-bond donors (Lipinski definition) is 3. The van der Waals surface area contributed by atoms with E-state index in [4.69, 9.17) is 10.2 Å². The van der Waals surface area contributed by atoms with Crippen LogP contribution in [0.1, 0.15) is 33.1 Å². The summed E-state index contributed by atoms with van der Waals surface area (Å²) in [6.45, 7) is 3.14. The zero-order chi connectivity index (χ0) is 12.7. The van der Waals surface area contributed by atoms with Gasteiger partial charge in [0.1, 0.15) is 0 Å². The molecule has 0 aromatic heterocycles. The smallest absolute Gasteiger partial charge is 0.306 e. The van der Waals surface area contributed by atoms with Crippen LogP contribution in [0.3, 0.4) is 0 Å². The summed E-state index contributed by atoms with van der Waals surface area (Å²) in [5.74, 6) is -3.03. The molecule has 6 heteroatoms. The molecule has 3 N–H and O–H groups in total. The molecule has 0 unspecified atom stereocenters. The third kappa shape index (κ3) is 6.80. The Balaban J connectivity index is 3.86. The normalized spacial score (nSPS) is 13.9. The molecule has 1 amide bonds. The third-order valence-electron chi connectivity index (χ3n) is 2.11. The van der Waals surface area contributed by atoms with Crippen LogP contribution in [0.4, 0.5) is 0 Å². The number of carbonyl (C=O) groups excluding carboxylic acids is 1. The number of carbonyl (C=O) groups is 3. The van der Waals surface area contributed by atoms with E-state index < -0.39 is 17.9 Å². The van der Waals surface area contributed by atoms with E-state index in [1.807, 2.05) is 0 Å². The van der Waals surface area contributed by atoms with Crippen LogP contribution in [-0.4, -0.2) is 34.1 Å². The number of amides is 1. The minimum Gasteiger partial charge on any atom is -0.481 e. The number of rotatable bonds is 7. The Kier molecular flexibility index (Phi) is 6.14. The van der Waals surface area contributed by atoms with E-state index in [0.717, 1.165) is 0 Å². The molecule has 0 radical (unpaired) electrons. The van der Waals surface area contributed by atoms with Gasteiger partial charge in [0.25, 0.3) is 0 Å². The van der Waals surface area contributed by atoms with Crippen molar-refractivity contribution in [3.8, 4) is 0 Å². The van der Waals surface area contributed by atoms with Crippen molar-refractivity contribution in [1.29, 1.82) is 0 Å². The van der Waals surface area contributed by atoms with Crippen molar-refractivity contribution in [1.82, 2.24) is 5.32 Å². The lowest BCUT2D eigenvalue weighted by Gasteiger charge is -2.13. The molecule has 0 aliphatic carbocycles. The molecule has 0 aliphatic rings. The summed E-state index contributed by atoms with van der Waals surface area (Å²) in [6, 6.07) is -0.260. The summed E-state index contributed by atoms with van der Waals surface area (Å²) >= 11 is 0. The number of nitrogens with one attached hydrogen (secondary N) is 1. The third-order valence-corrected chi connectivity index (χ3v) is 2.11. The average molecular weight is 231 g/mol. The van der Waals surface area contributed by atoms with Gasteiger partial charge >= 0.3 is 11.9 Å². The first kappa shape index (κ1) is 14.4. The SMILES string of the molecule is C[C@@H](CCC(=O)O)NC(=O)C[C@H](C)C(=O)O. The van der Waals surface area contributed by atoms with Gasteiger partial charge in [0.15, 0.2) is 0 Å². The van der Waals surface area contributed by atoms with Crippen molar-refractivity contribution in [2.24, 2.45) is 5.92 Å². The van der Waals surface area contributed by atoms with Crippen molar-refractivity contribution in [3.63, 3.8) is 0 Å². The van der Waals surface area contributed by atoms with Gasteiger partial charge in [-0.05, 0) is 13.3 Å². The summed E-state index contributed by atoms with van der Waals surface area (Å²) in [6.07, 6.45) is 0.227. The van der Waals surface area contributed by atoms with E-state index in [-0.39, 0.29) is 24.8 Å². The fourth-order valence-electron chi connectivity index (χ4n) is 1.11. The number of carboxylic acid groups (broad SMARTS) is 2. The quantitative estimate of drug-likeness (QED) is 0.590. The van der Waals surface area contributed by atoms with Gasteiger partial charge in [-0.1, -0.05) is 6.92 Å². The molecule has 0 spiro atoms. The van der Waals surface area contributed by atoms with Crippen molar-refractivity contribution >= 4 is 17.8 Å². The van der Waals surface area contributed by atoms with Gasteiger partial charge in [-0.3, -0.25) is 14.4 Å². The Bertz CT molecular complexity index is 276. The van der Waals surface area contributed by atoms with E-state index in [2.05, 4.69) is 5.32 Å². The fraction of sp³-hybridized carbons (Fsp3) is 0.700. The van der Waals surface area contributed by atoms with Crippen LogP contribution in [0.2, 0.25) is 0 Å². The first-order valence-corrected chi connectivity index (χ1v) is 5.07. The molecule has 0 aliphatic heterocycles. The first-order valence-electron chi connectivity index (χ1n) is 5.07. The second kappa shape index (κ2) is 6.81. The molecule has 16 heavy (non-hydrogen) atoms. The van der Waals surface area contributed by atoms with Gasteiger partial charge in [0, 0.05) is 18.9 Å². The Labute approximate surface area is 93.6 Å². The van der Waals surface area contributed by atoms with Crippen molar-refractivity contribution in [2.75, 3.05) is 0 Å². The van der Waals surface area contributed by atoms with Crippen LogP contribution < -0.4 is 5.32 Å². The van der Waals surface area contributed by atoms with Crippen LogP contribution >= 0.6 is 0 Å². The lowest BCUT2D eigenvalue weighted by molar-refractivity contribution is -0.143. The molecule has 0 aromatic carbocycles. The summed E-state index contributed by atoms with van der Waals surface area (Å²) in [5.41, 5.74) is 0. The largest absolute Gasteiger partial charge is 0.481 e. The molecular formula is C10H17NO5. The van der Waals surface area contributed by atoms with E-state index in [9.17, 15) is 14.4 Å². The summed E-state index contributed by atoms with van der Waals surface area (Å²) < 4.78 is 0. The second-order valence-electron chi connectivity index (χ2n) is 3.84. The van der Waals surface area contributed by atoms with Gasteiger partial charge in [-0.25, -0.2) is 0 Å². The molecule has 2 atom stereocenters. The monoisotopic (exact) mass is 231 g/mol. The van der Waals surface area contributed by atoms with Crippen LogP contribution in [0.5, 0.6) is 0 Å². The standard InChI is InChI=1S/C10H17NO5/c1-6(10(15)16)5-8(12)11-7(2)3-4-9(13)14/h6-7H,3-5H2,1-2H3,(H,11,12)(H,13,14)(H,15,16)/t6-,7-/m0/s1. The predicted molar refractivity (Wildman–Crippen MR) is 55.9 cm³/mol. The minimum atomic E-state index is -1.02. The van der Waals surface area contributed by atoms with Crippen LogP contribution in [-0.2, 0) is 14.4 Å². The van der Waals surface area contributed by atoms with Gasteiger partial charge < -0.3 is 15.5 Å². The molecular weight excluding hydrogens is 214 g/mol. The number of carboxylic acids is 2. The Hall–Kier alpha value is -1.59. The van der Waals surface area contributed by atoms with E-state index in [1.165, 1.54) is 6.92 Å². The lowest BCUT2D eigenvalue weighted by Crippen LogP contribution is -2.34. The molecule has 0 bridgehead atoms. The van der Waals surface area contributed by atoms with E-state index in [0.29, 0.717) is 6.42 Å². The highest BCUT2D eigenvalue weighted by Gasteiger charge is 2.17. The molecule has 0 fully saturated rings. The van der Waals surface area contributed by atoms with Crippen molar-refractivity contribution < 1.29 is 24.6 Å². The van der Waals surface area contributed by atoms with Crippen LogP contribution in [0.15, 0.2) is 0 Å². The zero-order valence-electron chi connectivity index (χ0n) is 9.40. The number of hydrogen-bond acceptors (Lipinski definition) is 3. The maximum absolute atomic E-state index is 11.3. The molecule has 6 nitrogen and oxygen atoms in total. The molecule has 0 aromatic rings.